The summed E-state index contributed by atoms with van der Waals surface area (Å²) in [6.07, 6.45) is 3.47. The predicted octanol–water partition coefficient (Wildman–Crippen LogP) is 4.13. The van der Waals surface area contributed by atoms with Crippen LogP contribution in [0, 0.1) is 11.8 Å². The van der Waals surface area contributed by atoms with E-state index >= 15 is 0 Å². The van der Waals surface area contributed by atoms with Crippen LogP contribution in [-0.4, -0.2) is 51.7 Å². The second-order valence-corrected chi connectivity index (χ2v) is 12.7. The van der Waals surface area contributed by atoms with E-state index in [4.69, 9.17) is 20.6 Å². The number of aliphatic hydroxyl groups is 1. The number of phenols is 1. The average molecular weight is 626 g/mol. The third-order valence-corrected chi connectivity index (χ3v) is 9.06. The molecule has 2 aliphatic rings. The van der Waals surface area contributed by atoms with Gasteiger partial charge in [-0.3, -0.25) is 9.36 Å². The topological polar surface area (TPSA) is 154 Å². The largest absolute Gasteiger partial charge is 0.504 e. The quantitative estimate of drug-likeness (QED) is 0.240. The maximum atomic E-state index is 14.6. The number of phenolic OH excluding ortho intramolecular Hbond substituents is 1. The van der Waals surface area contributed by atoms with Gasteiger partial charge in [0.1, 0.15) is 42.4 Å². The van der Waals surface area contributed by atoms with Crippen LogP contribution in [0.15, 0.2) is 71.8 Å². The van der Waals surface area contributed by atoms with Crippen LogP contribution in [0.3, 0.4) is 0 Å². The maximum Gasteiger partial charge on any atom is 0.263 e. The Hall–Kier alpha value is -5.73. The second-order valence-electron chi connectivity index (χ2n) is 12.7. The molecule has 1 saturated carbocycles. The van der Waals surface area contributed by atoms with Crippen LogP contribution >= 0.6 is 0 Å². The van der Waals surface area contributed by atoms with Gasteiger partial charge >= 0.3 is 0 Å². The molecule has 0 amide bonds. The molecule has 0 atom stereocenters. The SMILES string of the molecule is CC1(C)Cc2c(-c3nn(Cc4nc5cccc(C#CCO)c5c(=O)n4C4(c5ccccc5)CC4)c4ncnc(N)c34)ccc(O)c2O1. The molecule has 4 N–H and O–H groups in total. The first kappa shape index (κ1) is 28.7. The smallest absolute Gasteiger partial charge is 0.263 e. The molecule has 11 nitrogen and oxygen atoms in total. The molecule has 3 aromatic carbocycles. The Labute approximate surface area is 269 Å². The molecule has 3 aromatic heterocycles. The van der Waals surface area contributed by atoms with Gasteiger partial charge in [-0.05, 0) is 56.5 Å². The first-order valence-corrected chi connectivity index (χ1v) is 15.4. The number of ether oxygens (including phenoxy) is 1. The predicted molar refractivity (Wildman–Crippen MR) is 177 cm³/mol. The summed E-state index contributed by atoms with van der Waals surface area (Å²) in [5.41, 5.74) is 9.81. The van der Waals surface area contributed by atoms with Crippen molar-refractivity contribution >= 4 is 27.8 Å². The number of anilines is 1. The number of nitrogens with two attached hydrogens (primary N) is 1. The maximum absolute atomic E-state index is 14.6. The Balaban J connectivity index is 1.36. The van der Waals surface area contributed by atoms with E-state index in [9.17, 15) is 15.0 Å². The highest BCUT2D eigenvalue weighted by Crippen LogP contribution is 2.50. The van der Waals surface area contributed by atoms with Crippen LogP contribution in [0.5, 0.6) is 11.5 Å². The lowest BCUT2D eigenvalue weighted by Crippen LogP contribution is -2.36. The summed E-state index contributed by atoms with van der Waals surface area (Å²) in [5.74, 6) is 6.87. The van der Waals surface area contributed by atoms with Crippen molar-refractivity contribution in [3.8, 4) is 34.6 Å². The van der Waals surface area contributed by atoms with Crippen LogP contribution in [0.2, 0.25) is 0 Å². The summed E-state index contributed by atoms with van der Waals surface area (Å²) in [4.78, 5) is 28.6. The first-order valence-electron chi connectivity index (χ1n) is 15.4. The van der Waals surface area contributed by atoms with Crippen LogP contribution in [-0.2, 0) is 18.5 Å². The van der Waals surface area contributed by atoms with Crippen LogP contribution in [0.25, 0.3) is 33.2 Å². The minimum absolute atomic E-state index is 0.0605. The molecule has 1 aliphatic carbocycles. The summed E-state index contributed by atoms with van der Waals surface area (Å²) in [6.45, 7) is 3.73. The summed E-state index contributed by atoms with van der Waals surface area (Å²) >= 11 is 0. The van der Waals surface area contributed by atoms with Crippen molar-refractivity contribution in [3.63, 3.8) is 0 Å². The van der Waals surface area contributed by atoms with Gasteiger partial charge in [-0.1, -0.05) is 48.2 Å². The van der Waals surface area contributed by atoms with E-state index in [1.807, 2.05) is 50.2 Å². The number of aromatic nitrogens is 6. The molecule has 0 spiro atoms. The normalized spacial score (nSPS) is 15.6. The number of aliphatic hydroxyl groups excluding tert-OH is 1. The van der Waals surface area contributed by atoms with Crippen molar-refractivity contribution in [2.75, 3.05) is 12.3 Å². The Morgan fingerprint density at radius 1 is 1.02 bits per heavy atom. The minimum atomic E-state index is -0.590. The second kappa shape index (κ2) is 10.4. The molecule has 8 rings (SSSR count). The molecule has 47 heavy (non-hydrogen) atoms. The zero-order chi connectivity index (χ0) is 32.5. The molecule has 0 saturated heterocycles. The number of hydrogen-bond acceptors (Lipinski definition) is 9. The highest BCUT2D eigenvalue weighted by Gasteiger charge is 2.48. The number of nitrogens with zero attached hydrogens (tertiary/aromatic N) is 6. The fraction of sp³-hybridized carbons (Fsp3) is 0.250. The molecule has 11 heteroatoms. The van der Waals surface area contributed by atoms with E-state index in [0.29, 0.717) is 51.2 Å². The Bertz CT molecular complexity index is 2360. The lowest BCUT2D eigenvalue weighted by atomic mass is 9.95. The summed E-state index contributed by atoms with van der Waals surface area (Å²) in [5, 5.41) is 26.0. The van der Waals surface area contributed by atoms with Gasteiger partial charge in [0.25, 0.3) is 5.56 Å². The zero-order valence-electron chi connectivity index (χ0n) is 25.9. The fourth-order valence-corrected chi connectivity index (χ4v) is 6.90. The van der Waals surface area contributed by atoms with Crippen LogP contribution < -0.4 is 16.0 Å². The van der Waals surface area contributed by atoms with E-state index in [0.717, 1.165) is 29.5 Å². The number of rotatable bonds is 5. The lowest BCUT2D eigenvalue weighted by molar-refractivity contribution is 0.134. The van der Waals surface area contributed by atoms with Gasteiger partial charge in [0.2, 0.25) is 0 Å². The van der Waals surface area contributed by atoms with Gasteiger partial charge < -0.3 is 20.7 Å². The van der Waals surface area contributed by atoms with Crippen molar-refractivity contribution in [2.24, 2.45) is 0 Å². The Morgan fingerprint density at radius 2 is 1.83 bits per heavy atom. The molecule has 1 aliphatic heterocycles. The lowest BCUT2D eigenvalue weighted by Gasteiger charge is -2.24. The molecule has 0 radical (unpaired) electrons. The molecular weight excluding hydrogens is 594 g/mol. The van der Waals surface area contributed by atoms with E-state index in [1.54, 1.807) is 33.5 Å². The fourth-order valence-electron chi connectivity index (χ4n) is 6.90. The summed E-state index contributed by atoms with van der Waals surface area (Å²) in [7, 11) is 0. The van der Waals surface area contributed by atoms with Crippen LogP contribution in [0.1, 0.15) is 49.2 Å². The van der Waals surface area contributed by atoms with E-state index in [1.165, 1.54) is 6.33 Å². The minimum Gasteiger partial charge on any atom is -0.504 e. The number of fused-ring (bicyclic) bond motifs is 3. The number of aromatic hydroxyl groups is 1. The molecule has 234 valence electrons. The average Bonchev–Trinajstić information content (AvgIpc) is 3.67. The Morgan fingerprint density at radius 3 is 2.60 bits per heavy atom. The van der Waals surface area contributed by atoms with E-state index in [-0.39, 0.29) is 30.3 Å². The van der Waals surface area contributed by atoms with Crippen molar-refractivity contribution in [3.05, 3.63) is 99.9 Å². The Kier molecular flexibility index (Phi) is 6.36. The van der Waals surface area contributed by atoms with Crippen molar-refractivity contribution in [1.82, 2.24) is 29.3 Å². The summed E-state index contributed by atoms with van der Waals surface area (Å²) < 4.78 is 9.61. The number of benzene rings is 3. The molecule has 1 fully saturated rings. The highest BCUT2D eigenvalue weighted by atomic mass is 16.5. The molecule has 4 heterocycles. The van der Waals surface area contributed by atoms with Gasteiger partial charge in [0, 0.05) is 23.1 Å². The molecule has 6 aromatic rings. The van der Waals surface area contributed by atoms with Crippen molar-refractivity contribution in [2.45, 2.75) is 50.8 Å². The van der Waals surface area contributed by atoms with Crippen molar-refractivity contribution in [1.29, 1.82) is 0 Å². The molecule has 0 bridgehead atoms. The van der Waals surface area contributed by atoms with E-state index < -0.39 is 11.1 Å². The van der Waals surface area contributed by atoms with Gasteiger partial charge in [-0.25, -0.2) is 19.6 Å². The first-order chi connectivity index (χ1) is 22.7. The third kappa shape index (κ3) is 4.52. The number of hydrogen-bond donors (Lipinski definition) is 3. The van der Waals surface area contributed by atoms with Crippen molar-refractivity contribution < 1.29 is 14.9 Å². The van der Waals surface area contributed by atoms with Gasteiger partial charge in [0.05, 0.1) is 21.8 Å². The number of nitrogen functional groups attached to an aromatic ring is 1. The molecule has 0 unspecified atom stereocenters. The standard InChI is InChI=1S/C36H31N7O4/c1-35(2)18-24-23(13-14-26(45)31(24)47-35)30-29-32(37)38-20-39-33(29)42(41-30)19-27-40-25-12-6-8-21(9-7-17-44)28(25)34(46)43(27)36(15-16-36)22-10-4-3-5-11-22/h3-6,8,10-14,20,44-45H,15-19H2,1-2H3,(H2,37,38,39). The zero-order valence-corrected chi connectivity index (χ0v) is 25.9. The molecular formula is C36H31N7O4. The summed E-state index contributed by atoms with van der Waals surface area (Å²) in [6, 6.07) is 18.8. The van der Waals surface area contributed by atoms with Gasteiger partial charge in [-0.2, -0.15) is 5.10 Å². The third-order valence-electron chi connectivity index (χ3n) is 9.06. The van der Waals surface area contributed by atoms with Crippen LogP contribution in [0.4, 0.5) is 5.82 Å². The van der Waals surface area contributed by atoms with E-state index in [2.05, 4.69) is 21.8 Å². The van der Waals surface area contributed by atoms with Gasteiger partial charge in [-0.15, -0.1) is 0 Å². The monoisotopic (exact) mass is 625 g/mol. The highest BCUT2D eigenvalue weighted by molar-refractivity contribution is 5.99. The van der Waals surface area contributed by atoms with Gasteiger partial charge in [0.15, 0.2) is 17.1 Å².